The lowest BCUT2D eigenvalue weighted by Gasteiger charge is -2.26. The van der Waals surface area contributed by atoms with Crippen molar-refractivity contribution in [2.75, 3.05) is 18.6 Å². The number of ketones is 1. The molecule has 0 aliphatic carbocycles. The molecule has 0 saturated carbocycles. The van der Waals surface area contributed by atoms with Gasteiger partial charge in [0.1, 0.15) is 17.3 Å². The molecule has 0 spiro atoms. The molecule has 0 bridgehead atoms. The predicted octanol–water partition coefficient (Wildman–Crippen LogP) is 5.68. The zero-order valence-electron chi connectivity index (χ0n) is 19.0. The third-order valence-electron chi connectivity index (χ3n) is 5.65. The van der Waals surface area contributed by atoms with E-state index in [9.17, 15) is 14.7 Å². The molecular weight excluding hydrogens is 454 g/mol. The molecule has 1 atom stereocenters. The van der Waals surface area contributed by atoms with E-state index in [1.54, 1.807) is 42.5 Å². The summed E-state index contributed by atoms with van der Waals surface area (Å²) in [6.07, 6.45) is 0. The third-order valence-corrected chi connectivity index (χ3v) is 5.95. The van der Waals surface area contributed by atoms with E-state index in [-0.39, 0.29) is 11.3 Å². The van der Waals surface area contributed by atoms with Crippen molar-refractivity contribution in [3.8, 4) is 11.5 Å². The fourth-order valence-corrected chi connectivity index (χ4v) is 4.34. The van der Waals surface area contributed by atoms with E-state index in [0.29, 0.717) is 39.9 Å². The number of amides is 1. The Labute approximate surface area is 203 Å². The molecule has 7 heteroatoms. The molecule has 1 N–H and O–H groups in total. The Balaban J connectivity index is 1.90. The van der Waals surface area contributed by atoms with Crippen LogP contribution in [0.25, 0.3) is 5.76 Å². The highest BCUT2D eigenvalue weighted by molar-refractivity contribution is 6.51. The van der Waals surface area contributed by atoms with Gasteiger partial charge >= 0.3 is 0 Å². The average Bonchev–Trinajstić information content (AvgIpc) is 3.10. The lowest BCUT2D eigenvalue weighted by Crippen LogP contribution is -2.29. The van der Waals surface area contributed by atoms with Gasteiger partial charge in [-0.05, 0) is 61.9 Å². The Morgan fingerprint density at radius 2 is 1.79 bits per heavy atom. The molecule has 1 aliphatic heterocycles. The number of rotatable bonds is 6. The summed E-state index contributed by atoms with van der Waals surface area (Å²) in [5.41, 5.74) is 2.49. The highest BCUT2D eigenvalue weighted by Crippen LogP contribution is 2.43. The summed E-state index contributed by atoms with van der Waals surface area (Å²) in [6.45, 7) is 4.31. The molecule has 0 radical (unpaired) electrons. The van der Waals surface area contributed by atoms with Gasteiger partial charge in [-0.1, -0.05) is 41.4 Å². The van der Waals surface area contributed by atoms with Gasteiger partial charge in [0.25, 0.3) is 11.7 Å². The minimum atomic E-state index is -0.837. The quantitative estimate of drug-likeness (QED) is 0.281. The van der Waals surface area contributed by atoms with Crippen molar-refractivity contribution >= 4 is 34.7 Å². The largest absolute Gasteiger partial charge is 0.507 e. The molecule has 0 aromatic heterocycles. The van der Waals surface area contributed by atoms with E-state index < -0.39 is 17.7 Å². The number of halogens is 1. The van der Waals surface area contributed by atoms with E-state index in [4.69, 9.17) is 21.1 Å². The Morgan fingerprint density at radius 3 is 2.41 bits per heavy atom. The molecule has 3 aromatic carbocycles. The Morgan fingerprint density at radius 1 is 1.06 bits per heavy atom. The highest BCUT2D eigenvalue weighted by Gasteiger charge is 2.47. The first-order chi connectivity index (χ1) is 16.3. The topological polar surface area (TPSA) is 76.1 Å². The molecular formula is C27H24ClNO5. The van der Waals surface area contributed by atoms with Crippen molar-refractivity contribution in [1.82, 2.24) is 0 Å². The number of hydrogen-bond acceptors (Lipinski definition) is 5. The number of aliphatic hydroxyl groups excluding tert-OH is 1. The van der Waals surface area contributed by atoms with E-state index in [1.165, 1.54) is 12.0 Å². The Hall–Kier alpha value is -3.77. The maximum absolute atomic E-state index is 13.3. The van der Waals surface area contributed by atoms with Crippen molar-refractivity contribution in [2.45, 2.75) is 19.9 Å². The van der Waals surface area contributed by atoms with Crippen LogP contribution in [-0.4, -0.2) is 30.5 Å². The van der Waals surface area contributed by atoms with Crippen LogP contribution < -0.4 is 14.4 Å². The first-order valence-corrected chi connectivity index (χ1v) is 11.2. The number of anilines is 1. The van der Waals surface area contributed by atoms with Crippen molar-refractivity contribution < 1.29 is 24.2 Å². The molecule has 1 amide bonds. The molecule has 4 rings (SSSR count). The van der Waals surface area contributed by atoms with Crippen LogP contribution in [0.4, 0.5) is 5.69 Å². The molecule has 1 fully saturated rings. The smallest absolute Gasteiger partial charge is 0.300 e. The predicted molar refractivity (Wildman–Crippen MR) is 132 cm³/mol. The van der Waals surface area contributed by atoms with E-state index in [0.717, 1.165) is 5.56 Å². The number of benzene rings is 3. The van der Waals surface area contributed by atoms with Crippen LogP contribution >= 0.6 is 11.6 Å². The molecule has 1 unspecified atom stereocenters. The van der Waals surface area contributed by atoms with Crippen LogP contribution in [-0.2, 0) is 9.59 Å². The number of hydrogen-bond donors (Lipinski definition) is 1. The fraction of sp³-hybridized carbons (Fsp3) is 0.185. The normalized spacial score (nSPS) is 17.2. The minimum absolute atomic E-state index is 0.00620. The van der Waals surface area contributed by atoms with Gasteiger partial charge in [0, 0.05) is 11.3 Å². The van der Waals surface area contributed by atoms with Gasteiger partial charge in [-0.3, -0.25) is 14.5 Å². The summed E-state index contributed by atoms with van der Waals surface area (Å²) in [6, 6.07) is 18.3. The summed E-state index contributed by atoms with van der Waals surface area (Å²) >= 11 is 6.33. The Bertz CT molecular complexity index is 1280. The van der Waals surface area contributed by atoms with Crippen LogP contribution in [0.15, 0.2) is 72.3 Å². The van der Waals surface area contributed by atoms with E-state index >= 15 is 0 Å². The van der Waals surface area contributed by atoms with E-state index in [2.05, 4.69) is 0 Å². The summed E-state index contributed by atoms with van der Waals surface area (Å²) in [5.74, 6) is -0.689. The lowest BCUT2D eigenvalue weighted by atomic mass is 9.94. The second-order valence-electron chi connectivity index (χ2n) is 7.86. The number of nitrogens with zero attached hydrogens (tertiary/aromatic N) is 1. The molecule has 6 nitrogen and oxygen atoms in total. The van der Waals surface area contributed by atoms with Crippen molar-refractivity contribution in [2.24, 2.45) is 0 Å². The summed E-state index contributed by atoms with van der Waals surface area (Å²) in [7, 11) is 1.50. The second-order valence-corrected chi connectivity index (χ2v) is 8.27. The third kappa shape index (κ3) is 4.24. The van der Waals surface area contributed by atoms with Gasteiger partial charge in [-0.2, -0.15) is 0 Å². The van der Waals surface area contributed by atoms with Crippen LogP contribution in [0, 0.1) is 6.92 Å². The number of carbonyl (C=O) groups is 2. The zero-order valence-corrected chi connectivity index (χ0v) is 19.8. The standard InChI is InChI=1S/C27H24ClNO5/c1-4-34-20-11-8-17(9-12-20)25(30)23-24(18-7-5-6-16(2)14-18)29(27(32)26(23)31)19-10-13-22(33-3)21(28)15-19/h5-15,24,30H,4H2,1-3H3/b25-23+. The molecule has 1 saturated heterocycles. The first kappa shape index (κ1) is 23.4. The number of aliphatic hydroxyl groups is 1. The number of Topliss-reactive ketones (excluding diaryl/α,β-unsaturated/α-hetero) is 1. The molecule has 34 heavy (non-hydrogen) atoms. The fourth-order valence-electron chi connectivity index (χ4n) is 4.09. The van der Waals surface area contributed by atoms with Gasteiger partial charge in [-0.25, -0.2) is 0 Å². The van der Waals surface area contributed by atoms with Crippen LogP contribution in [0.1, 0.15) is 29.7 Å². The average molecular weight is 478 g/mol. The monoisotopic (exact) mass is 477 g/mol. The van der Waals surface area contributed by atoms with Gasteiger partial charge in [0.2, 0.25) is 0 Å². The molecule has 174 valence electrons. The second kappa shape index (κ2) is 9.61. The van der Waals surface area contributed by atoms with Gasteiger partial charge in [0.05, 0.1) is 30.4 Å². The number of carbonyl (C=O) groups excluding carboxylic acids is 2. The SMILES string of the molecule is CCOc1ccc(/C(O)=C2\C(=O)C(=O)N(c3ccc(OC)c(Cl)c3)C2c2cccc(C)c2)cc1. The van der Waals surface area contributed by atoms with Gasteiger partial charge in [0.15, 0.2) is 0 Å². The first-order valence-electron chi connectivity index (χ1n) is 10.8. The van der Waals surface area contributed by atoms with Crippen LogP contribution in [0.5, 0.6) is 11.5 Å². The molecule has 1 aliphatic rings. The van der Waals surface area contributed by atoms with Gasteiger partial charge < -0.3 is 14.6 Å². The van der Waals surface area contributed by atoms with Crippen molar-refractivity contribution in [1.29, 1.82) is 0 Å². The summed E-state index contributed by atoms with van der Waals surface area (Å²) in [5, 5.41) is 11.5. The van der Waals surface area contributed by atoms with E-state index in [1.807, 2.05) is 38.1 Å². The number of aryl methyl sites for hydroxylation is 1. The summed E-state index contributed by atoms with van der Waals surface area (Å²) in [4.78, 5) is 27.9. The van der Waals surface area contributed by atoms with Gasteiger partial charge in [-0.15, -0.1) is 0 Å². The molecule has 3 aromatic rings. The number of methoxy groups -OCH3 is 1. The minimum Gasteiger partial charge on any atom is -0.507 e. The summed E-state index contributed by atoms with van der Waals surface area (Å²) < 4.78 is 10.7. The van der Waals surface area contributed by atoms with Crippen molar-refractivity contribution in [3.63, 3.8) is 0 Å². The lowest BCUT2D eigenvalue weighted by molar-refractivity contribution is -0.132. The van der Waals surface area contributed by atoms with Crippen molar-refractivity contribution in [3.05, 3.63) is 94.0 Å². The van der Waals surface area contributed by atoms with Crippen LogP contribution in [0.2, 0.25) is 5.02 Å². The number of ether oxygens (including phenoxy) is 2. The Kier molecular flexibility index (Phi) is 6.61. The maximum Gasteiger partial charge on any atom is 0.300 e. The highest BCUT2D eigenvalue weighted by atomic mass is 35.5. The van der Waals surface area contributed by atoms with Crippen LogP contribution in [0.3, 0.4) is 0 Å². The molecule has 1 heterocycles. The zero-order chi connectivity index (χ0) is 24.4. The maximum atomic E-state index is 13.3.